The number of rotatable bonds is 8. The molecule has 1 aliphatic heterocycles. The SMILES string of the molecule is CCOC(=O)c1sc(NC(=O)CN2CCN(c3cccc(Cl)c3)CC2)c(C(=O)OCC)c1C. The second kappa shape index (κ2) is 11.5. The molecule has 0 unspecified atom stereocenters. The average Bonchev–Trinajstić information content (AvgIpc) is 3.10. The fourth-order valence-corrected chi connectivity index (χ4v) is 4.94. The maximum absolute atomic E-state index is 12.8. The van der Waals surface area contributed by atoms with Gasteiger partial charge in [0.1, 0.15) is 9.88 Å². The molecule has 1 N–H and O–H groups in total. The molecule has 1 aliphatic rings. The van der Waals surface area contributed by atoms with Gasteiger partial charge in [-0.2, -0.15) is 0 Å². The van der Waals surface area contributed by atoms with Crippen molar-refractivity contribution in [3.8, 4) is 0 Å². The molecule has 1 fully saturated rings. The largest absolute Gasteiger partial charge is 0.462 e. The van der Waals surface area contributed by atoms with Crippen LogP contribution in [-0.4, -0.2) is 68.7 Å². The van der Waals surface area contributed by atoms with E-state index in [-0.39, 0.29) is 36.1 Å². The number of carbonyl (C=O) groups is 3. The van der Waals surface area contributed by atoms with Gasteiger partial charge in [0.25, 0.3) is 0 Å². The molecule has 1 saturated heterocycles. The van der Waals surface area contributed by atoms with E-state index in [2.05, 4.69) is 10.2 Å². The van der Waals surface area contributed by atoms with E-state index >= 15 is 0 Å². The number of anilines is 2. The van der Waals surface area contributed by atoms with Crippen molar-refractivity contribution in [3.05, 3.63) is 45.3 Å². The van der Waals surface area contributed by atoms with Gasteiger partial charge in [0.2, 0.25) is 5.91 Å². The van der Waals surface area contributed by atoms with Gasteiger partial charge in [0.05, 0.1) is 25.3 Å². The first kappa shape index (κ1) is 25.0. The summed E-state index contributed by atoms with van der Waals surface area (Å²) in [4.78, 5) is 42.1. The number of nitrogens with zero attached hydrogens (tertiary/aromatic N) is 2. The Hall–Kier alpha value is -2.62. The molecule has 0 atom stereocenters. The summed E-state index contributed by atoms with van der Waals surface area (Å²) in [5.41, 5.74) is 1.71. The average molecular weight is 494 g/mol. The molecule has 2 heterocycles. The number of benzene rings is 1. The molecule has 1 aromatic heterocycles. The third kappa shape index (κ3) is 6.25. The number of nitrogens with one attached hydrogen (secondary N) is 1. The van der Waals surface area contributed by atoms with Gasteiger partial charge in [-0.3, -0.25) is 9.69 Å². The highest BCUT2D eigenvalue weighted by molar-refractivity contribution is 7.18. The zero-order chi connectivity index (χ0) is 24.0. The number of hydrogen-bond acceptors (Lipinski definition) is 8. The Balaban J connectivity index is 1.65. The minimum Gasteiger partial charge on any atom is -0.462 e. The fourth-order valence-electron chi connectivity index (χ4n) is 3.65. The maximum atomic E-state index is 12.8. The van der Waals surface area contributed by atoms with Crippen molar-refractivity contribution in [1.82, 2.24) is 4.90 Å². The lowest BCUT2D eigenvalue weighted by Gasteiger charge is -2.35. The van der Waals surface area contributed by atoms with Crippen molar-refractivity contribution in [2.24, 2.45) is 0 Å². The Kier molecular flexibility index (Phi) is 8.71. The number of amides is 1. The molecule has 0 saturated carbocycles. The summed E-state index contributed by atoms with van der Waals surface area (Å²) >= 11 is 7.12. The minimum atomic E-state index is -0.577. The molecule has 0 aliphatic carbocycles. The molecule has 178 valence electrons. The number of esters is 2. The molecule has 0 spiro atoms. The van der Waals surface area contributed by atoms with Crippen molar-refractivity contribution in [1.29, 1.82) is 0 Å². The lowest BCUT2D eigenvalue weighted by molar-refractivity contribution is -0.117. The van der Waals surface area contributed by atoms with Crippen LogP contribution in [0.25, 0.3) is 0 Å². The highest BCUT2D eigenvalue weighted by Gasteiger charge is 2.28. The monoisotopic (exact) mass is 493 g/mol. The summed E-state index contributed by atoms with van der Waals surface area (Å²) in [5, 5.41) is 3.80. The molecule has 2 aromatic rings. The van der Waals surface area contributed by atoms with Crippen LogP contribution in [0.5, 0.6) is 0 Å². The van der Waals surface area contributed by atoms with Crippen LogP contribution in [0.4, 0.5) is 10.7 Å². The first-order valence-electron chi connectivity index (χ1n) is 10.8. The Bertz CT molecular complexity index is 1020. The Morgan fingerprint density at radius 3 is 2.36 bits per heavy atom. The van der Waals surface area contributed by atoms with Gasteiger partial charge >= 0.3 is 11.9 Å². The molecule has 8 nitrogen and oxygen atoms in total. The predicted molar refractivity (Wildman–Crippen MR) is 130 cm³/mol. The number of piperazine rings is 1. The van der Waals surface area contributed by atoms with Gasteiger partial charge in [-0.25, -0.2) is 9.59 Å². The highest BCUT2D eigenvalue weighted by atomic mass is 35.5. The zero-order valence-electron chi connectivity index (χ0n) is 19.0. The fraction of sp³-hybridized carbons (Fsp3) is 0.435. The van der Waals surface area contributed by atoms with Crippen molar-refractivity contribution >= 4 is 51.5 Å². The van der Waals surface area contributed by atoms with Crippen molar-refractivity contribution < 1.29 is 23.9 Å². The summed E-state index contributed by atoms with van der Waals surface area (Å²) in [6.45, 7) is 8.61. The Labute approximate surface area is 202 Å². The molecule has 1 aromatic carbocycles. The van der Waals surface area contributed by atoms with Gasteiger partial charge < -0.3 is 19.7 Å². The van der Waals surface area contributed by atoms with Crippen LogP contribution >= 0.6 is 22.9 Å². The van der Waals surface area contributed by atoms with E-state index < -0.39 is 11.9 Å². The van der Waals surface area contributed by atoms with Crippen LogP contribution in [0.15, 0.2) is 24.3 Å². The number of thiophene rings is 1. The van der Waals surface area contributed by atoms with E-state index in [9.17, 15) is 14.4 Å². The van der Waals surface area contributed by atoms with Crippen LogP contribution < -0.4 is 10.2 Å². The molecular weight excluding hydrogens is 466 g/mol. The van der Waals surface area contributed by atoms with E-state index in [0.29, 0.717) is 28.7 Å². The maximum Gasteiger partial charge on any atom is 0.348 e. The quantitative estimate of drug-likeness (QED) is 0.559. The lowest BCUT2D eigenvalue weighted by Crippen LogP contribution is -2.48. The zero-order valence-corrected chi connectivity index (χ0v) is 20.6. The van der Waals surface area contributed by atoms with Gasteiger partial charge in [-0.1, -0.05) is 17.7 Å². The van der Waals surface area contributed by atoms with Crippen molar-refractivity contribution in [2.75, 3.05) is 56.2 Å². The predicted octanol–water partition coefficient (Wildman–Crippen LogP) is 3.82. The van der Waals surface area contributed by atoms with Crippen LogP contribution in [-0.2, 0) is 14.3 Å². The smallest absolute Gasteiger partial charge is 0.348 e. The number of ether oxygens (including phenoxy) is 2. The molecule has 0 bridgehead atoms. The van der Waals surface area contributed by atoms with Gasteiger partial charge in [0.15, 0.2) is 0 Å². The van der Waals surface area contributed by atoms with Gasteiger partial charge in [-0.05, 0) is 44.5 Å². The van der Waals surface area contributed by atoms with Crippen LogP contribution in [0.3, 0.4) is 0 Å². The standard InChI is InChI=1S/C23H28ClN3O5S/c1-4-31-22(29)19-15(3)20(23(30)32-5-2)33-21(19)25-18(28)14-26-9-11-27(12-10-26)17-8-6-7-16(24)13-17/h6-8,13H,4-5,9-12,14H2,1-3H3,(H,25,28). The normalized spacial score (nSPS) is 14.1. The minimum absolute atomic E-state index is 0.178. The third-order valence-electron chi connectivity index (χ3n) is 5.25. The second-order valence-electron chi connectivity index (χ2n) is 7.49. The van der Waals surface area contributed by atoms with E-state index in [1.54, 1.807) is 20.8 Å². The van der Waals surface area contributed by atoms with Crippen molar-refractivity contribution in [3.63, 3.8) is 0 Å². The number of halogens is 1. The van der Waals surface area contributed by atoms with Gasteiger partial charge in [-0.15, -0.1) is 11.3 Å². The van der Waals surface area contributed by atoms with Crippen molar-refractivity contribution in [2.45, 2.75) is 20.8 Å². The summed E-state index contributed by atoms with van der Waals surface area (Å²) < 4.78 is 10.2. The topological polar surface area (TPSA) is 88.2 Å². The van der Waals surface area contributed by atoms with E-state index in [0.717, 1.165) is 30.1 Å². The summed E-state index contributed by atoms with van der Waals surface area (Å²) in [6.07, 6.45) is 0. The Morgan fingerprint density at radius 2 is 1.73 bits per heavy atom. The number of carbonyl (C=O) groups excluding carboxylic acids is 3. The first-order valence-corrected chi connectivity index (χ1v) is 12.0. The third-order valence-corrected chi connectivity index (χ3v) is 6.68. The first-order chi connectivity index (χ1) is 15.8. The van der Waals surface area contributed by atoms with E-state index in [1.165, 1.54) is 0 Å². The highest BCUT2D eigenvalue weighted by Crippen LogP contribution is 2.34. The molecule has 1 amide bonds. The summed E-state index contributed by atoms with van der Waals surface area (Å²) in [5.74, 6) is -1.36. The second-order valence-corrected chi connectivity index (χ2v) is 8.95. The number of hydrogen-bond donors (Lipinski definition) is 1. The molecule has 10 heteroatoms. The van der Waals surface area contributed by atoms with Crippen LogP contribution in [0.1, 0.15) is 39.4 Å². The molecule has 3 rings (SSSR count). The summed E-state index contributed by atoms with van der Waals surface area (Å²) in [6, 6.07) is 7.72. The van der Waals surface area contributed by atoms with E-state index in [4.69, 9.17) is 21.1 Å². The van der Waals surface area contributed by atoms with Gasteiger partial charge in [0, 0.05) is 36.9 Å². The molecular formula is C23H28ClN3O5S. The summed E-state index contributed by atoms with van der Waals surface area (Å²) in [7, 11) is 0. The van der Waals surface area contributed by atoms with E-state index in [1.807, 2.05) is 29.2 Å². The Morgan fingerprint density at radius 1 is 1.06 bits per heavy atom. The molecule has 0 radical (unpaired) electrons. The lowest BCUT2D eigenvalue weighted by atomic mass is 10.1. The van der Waals surface area contributed by atoms with Crippen LogP contribution in [0, 0.1) is 6.92 Å². The molecule has 33 heavy (non-hydrogen) atoms. The van der Waals surface area contributed by atoms with Crippen LogP contribution in [0.2, 0.25) is 5.02 Å².